The quantitative estimate of drug-likeness (QED) is 0.866. The molecule has 76 valence electrons. The van der Waals surface area contributed by atoms with Gasteiger partial charge in [0.15, 0.2) is 0 Å². The third-order valence-electron chi connectivity index (χ3n) is 1.90. The minimum atomic E-state index is 0.635. The molecule has 2 rings (SSSR count). The molecule has 0 amide bonds. The number of aryl methyl sites for hydroxylation is 1. The molecule has 15 heavy (non-hydrogen) atoms. The monoisotopic (exact) mass is 311 g/mol. The minimum absolute atomic E-state index is 0.635. The van der Waals surface area contributed by atoms with Gasteiger partial charge < -0.3 is 5.32 Å². The summed E-state index contributed by atoms with van der Waals surface area (Å²) in [5, 5.41) is 3.15. The highest BCUT2D eigenvalue weighted by Gasteiger charge is 1.97. The molecule has 0 saturated heterocycles. The number of nitrogens with zero attached hydrogens (tertiary/aromatic N) is 2. The zero-order chi connectivity index (χ0) is 10.7. The molecule has 0 radical (unpaired) electrons. The molecular weight excluding hydrogens is 301 g/mol. The first-order valence-electron chi connectivity index (χ1n) is 4.56. The van der Waals surface area contributed by atoms with Crippen LogP contribution in [0.3, 0.4) is 0 Å². The van der Waals surface area contributed by atoms with E-state index in [1.54, 1.807) is 6.20 Å². The molecule has 0 aliphatic carbocycles. The van der Waals surface area contributed by atoms with Gasteiger partial charge in [0.25, 0.3) is 0 Å². The number of nitrogens with one attached hydrogen (secondary N) is 1. The number of aromatic nitrogens is 2. The second-order valence-electron chi connectivity index (χ2n) is 3.15. The van der Waals surface area contributed by atoms with Crippen molar-refractivity contribution < 1.29 is 0 Å². The van der Waals surface area contributed by atoms with Crippen LogP contribution in [0.15, 0.2) is 36.5 Å². The molecule has 0 aliphatic heterocycles. The van der Waals surface area contributed by atoms with Crippen LogP contribution in [0.1, 0.15) is 5.69 Å². The molecule has 0 spiro atoms. The van der Waals surface area contributed by atoms with E-state index in [4.69, 9.17) is 0 Å². The van der Waals surface area contributed by atoms with Gasteiger partial charge in [0.1, 0.15) is 0 Å². The summed E-state index contributed by atoms with van der Waals surface area (Å²) in [5.74, 6) is 0.635. The smallest absolute Gasteiger partial charge is 0.227 e. The van der Waals surface area contributed by atoms with Crippen LogP contribution < -0.4 is 5.32 Å². The SMILES string of the molecule is Cc1ccnc(Nc2ccc(I)cc2)n1. The second kappa shape index (κ2) is 4.57. The molecule has 0 unspecified atom stereocenters. The maximum absolute atomic E-state index is 4.27. The first-order valence-corrected chi connectivity index (χ1v) is 5.64. The van der Waals surface area contributed by atoms with Gasteiger partial charge in [0.2, 0.25) is 5.95 Å². The fraction of sp³-hybridized carbons (Fsp3) is 0.0909. The van der Waals surface area contributed by atoms with Gasteiger partial charge in [-0.05, 0) is 59.8 Å². The Morgan fingerprint density at radius 1 is 1.13 bits per heavy atom. The third-order valence-corrected chi connectivity index (χ3v) is 2.61. The van der Waals surface area contributed by atoms with Crippen LogP contribution in [0.25, 0.3) is 0 Å². The second-order valence-corrected chi connectivity index (χ2v) is 4.40. The minimum Gasteiger partial charge on any atom is -0.324 e. The molecule has 2 aromatic rings. The van der Waals surface area contributed by atoms with Crippen molar-refractivity contribution in [3.63, 3.8) is 0 Å². The van der Waals surface area contributed by atoms with Crippen molar-refractivity contribution in [1.29, 1.82) is 0 Å². The average Bonchev–Trinajstić information content (AvgIpc) is 2.22. The summed E-state index contributed by atoms with van der Waals surface area (Å²) in [7, 11) is 0. The van der Waals surface area contributed by atoms with Crippen LogP contribution in [0.2, 0.25) is 0 Å². The maximum atomic E-state index is 4.27. The fourth-order valence-corrected chi connectivity index (χ4v) is 1.53. The molecule has 1 heterocycles. The summed E-state index contributed by atoms with van der Waals surface area (Å²) in [6.45, 7) is 1.95. The summed E-state index contributed by atoms with van der Waals surface area (Å²) in [6, 6.07) is 9.97. The lowest BCUT2D eigenvalue weighted by molar-refractivity contribution is 1.11. The predicted octanol–water partition coefficient (Wildman–Crippen LogP) is 3.13. The molecule has 0 saturated carbocycles. The van der Waals surface area contributed by atoms with Crippen molar-refractivity contribution in [1.82, 2.24) is 9.97 Å². The highest BCUT2D eigenvalue weighted by Crippen LogP contribution is 2.14. The van der Waals surface area contributed by atoms with Crippen LogP contribution in [-0.2, 0) is 0 Å². The molecule has 4 heteroatoms. The highest BCUT2D eigenvalue weighted by atomic mass is 127. The molecule has 0 bridgehead atoms. The maximum Gasteiger partial charge on any atom is 0.227 e. The average molecular weight is 311 g/mol. The van der Waals surface area contributed by atoms with E-state index < -0.39 is 0 Å². The first kappa shape index (κ1) is 10.4. The van der Waals surface area contributed by atoms with Crippen molar-refractivity contribution in [2.45, 2.75) is 6.92 Å². The van der Waals surface area contributed by atoms with Gasteiger partial charge in [-0.3, -0.25) is 0 Å². The van der Waals surface area contributed by atoms with Crippen LogP contribution in [0.4, 0.5) is 11.6 Å². The van der Waals surface area contributed by atoms with E-state index in [0.29, 0.717) is 5.95 Å². The van der Waals surface area contributed by atoms with Crippen molar-refractivity contribution in [2.75, 3.05) is 5.32 Å². The Kier molecular flexibility index (Phi) is 3.15. The molecule has 0 aliphatic rings. The van der Waals surface area contributed by atoms with E-state index in [-0.39, 0.29) is 0 Å². The first-order chi connectivity index (χ1) is 7.24. The summed E-state index contributed by atoms with van der Waals surface area (Å²) < 4.78 is 1.21. The molecular formula is C11H10IN3. The van der Waals surface area contributed by atoms with Crippen molar-refractivity contribution >= 4 is 34.2 Å². The topological polar surface area (TPSA) is 37.8 Å². The normalized spacial score (nSPS) is 10.0. The summed E-state index contributed by atoms with van der Waals surface area (Å²) in [4.78, 5) is 8.40. The summed E-state index contributed by atoms with van der Waals surface area (Å²) in [6.07, 6.45) is 1.75. The lowest BCUT2D eigenvalue weighted by atomic mass is 10.3. The number of hydrogen-bond acceptors (Lipinski definition) is 3. The lowest BCUT2D eigenvalue weighted by Gasteiger charge is -2.04. The lowest BCUT2D eigenvalue weighted by Crippen LogP contribution is -1.97. The molecule has 1 aromatic heterocycles. The van der Waals surface area contributed by atoms with Gasteiger partial charge >= 0.3 is 0 Å². The van der Waals surface area contributed by atoms with Gasteiger partial charge in [-0.25, -0.2) is 9.97 Å². The van der Waals surface area contributed by atoms with Gasteiger partial charge in [-0.15, -0.1) is 0 Å². The zero-order valence-corrected chi connectivity index (χ0v) is 10.4. The number of anilines is 2. The third kappa shape index (κ3) is 2.89. The fourth-order valence-electron chi connectivity index (χ4n) is 1.17. The standard InChI is InChI=1S/C11H10IN3/c1-8-6-7-13-11(14-8)15-10-4-2-9(12)3-5-10/h2-7H,1H3,(H,13,14,15). The molecule has 1 aromatic carbocycles. The Hall–Kier alpha value is -1.17. The summed E-state index contributed by atoms with van der Waals surface area (Å²) >= 11 is 2.27. The number of hydrogen-bond donors (Lipinski definition) is 1. The predicted molar refractivity (Wildman–Crippen MR) is 69.2 cm³/mol. The Balaban J connectivity index is 2.18. The van der Waals surface area contributed by atoms with Gasteiger partial charge in [0, 0.05) is 21.1 Å². The van der Waals surface area contributed by atoms with E-state index >= 15 is 0 Å². The largest absolute Gasteiger partial charge is 0.324 e. The van der Waals surface area contributed by atoms with Gasteiger partial charge in [-0.2, -0.15) is 0 Å². The van der Waals surface area contributed by atoms with Crippen molar-refractivity contribution in [2.24, 2.45) is 0 Å². The van der Waals surface area contributed by atoms with Crippen LogP contribution in [0.5, 0.6) is 0 Å². The Bertz CT molecular complexity index is 454. The number of rotatable bonds is 2. The van der Waals surface area contributed by atoms with Gasteiger partial charge in [-0.1, -0.05) is 0 Å². The van der Waals surface area contributed by atoms with E-state index in [1.807, 2.05) is 37.3 Å². The van der Waals surface area contributed by atoms with Crippen LogP contribution >= 0.6 is 22.6 Å². The van der Waals surface area contributed by atoms with Crippen LogP contribution in [-0.4, -0.2) is 9.97 Å². The summed E-state index contributed by atoms with van der Waals surface area (Å²) in [5.41, 5.74) is 1.96. The Labute approximate surface area is 102 Å². The zero-order valence-electron chi connectivity index (χ0n) is 8.24. The molecule has 0 fully saturated rings. The molecule has 0 atom stereocenters. The highest BCUT2D eigenvalue weighted by molar-refractivity contribution is 14.1. The van der Waals surface area contributed by atoms with Crippen LogP contribution in [0, 0.1) is 10.5 Å². The molecule has 1 N–H and O–H groups in total. The van der Waals surface area contributed by atoms with E-state index in [0.717, 1.165) is 11.4 Å². The number of benzene rings is 1. The van der Waals surface area contributed by atoms with Gasteiger partial charge in [0.05, 0.1) is 0 Å². The van der Waals surface area contributed by atoms with Crippen molar-refractivity contribution in [3.05, 3.63) is 45.8 Å². The van der Waals surface area contributed by atoms with E-state index in [1.165, 1.54) is 3.57 Å². The molecule has 3 nitrogen and oxygen atoms in total. The Morgan fingerprint density at radius 2 is 1.87 bits per heavy atom. The van der Waals surface area contributed by atoms with E-state index in [9.17, 15) is 0 Å². The number of halogens is 1. The van der Waals surface area contributed by atoms with E-state index in [2.05, 4.69) is 37.9 Å². The van der Waals surface area contributed by atoms with Crippen molar-refractivity contribution in [3.8, 4) is 0 Å². The Morgan fingerprint density at radius 3 is 2.53 bits per heavy atom.